The molecule has 9 nitrogen and oxygen atoms in total. The van der Waals surface area contributed by atoms with Crippen LogP contribution in [0.1, 0.15) is 33.9 Å². The molecular formula is C30H25N3O6. The lowest BCUT2D eigenvalue weighted by molar-refractivity contribution is -0.0909. The fourth-order valence-electron chi connectivity index (χ4n) is 6.31. The van der Waals surface area contributed by atoms with E-state index in [0.29, 0.717) is 45.3 Å². The van der Waals surface area contributed by atoms with E-state index in [1.807, 2.05) is 54.6 Å². The van der Waals surface area contributed by atoms with E-state index in [4.69, 9.17) is 23.9 Å². The van der Waals surface area contributed by atoms with E-state index < -0.39 is 17.1 Å². The van der Waals surface area contributed by atoms with Gasteiger partial charge in [-0.05, 0) is 17.7 Å². The number of aromatic amines is 1. The number of fused-ring (bicyclic) bond motifs is 6. The summed E-state index contributed by atoms with van der Waals surface area (Å²) >= 11 is 0. The van der Waals surface area contributed by atoms with Crippen molar-refractivity contribution in [2.45, 2.75) is 17.1 Å². The van der Waals surface area contributed by atoms with Crippen molar-refractivity contribution >= 4 is 5.65 Å². The zero-order valence-electron chi connectivity index (χ0n) is 21.5. The Kier molecular flexibility index (Phi) is 4.86. The third kappa shape index (κ3) is 2.82. The second-order valence-corrected chi connectivity index (χ2v) is 9.66. The van der Waals surface area contributed by atoms with Crippen LogP contribution in [-0.4, -0.2) is 41.0 Å². The summed E-state index contributed by atoms with van der Waals surface area (Å²) in [7, 11) is 4.67. The van der Waals surface area contributed by atoms with Crippen molar-refractivity contribution < 1.29 is 24.1 Å². The maximum absolute atomic E-state index is 14.1. The summed E-state index contributed by atoms with van der Waals surface area (Å²) in [4.78, 5) is 19.0. The molecule has 39 heavy (non-hydrogen) atoms. The Morgan fingerprint density at radius 2 is 1.69 bits per heavy atom. The molecule has 0 saturated heterocycles. The Morgan fingerprint density at radius 1 is 0.949 bits per heavy atom. The molecule has 2 N–H and O–H groups in total. The van der Waals surface area contributed by atoms with Crippen LogP contribution in [0.2, 0.25) is 0 Å². The zero-order chi connectivity index (χ0) is 26.9. The van der Waals surface area contributed by atoms with E-state index in [0.717, 1.165) is 5.56 Å². The second-order valence-electron chi connectivity index (χ2n) is 9.66. The monoisotopic (exact) mass is 523 g/mol. The molecule has 0 fully saturated rings. The van der Waals surface area contributed by atoms with Crippen LogP contribution in [0.15, 0.2) is 83.8 Å². The second kappa shape index (κ2) is 8.12. The smallest absolute Gasteiger partial charge is 0.277 e. The molecular weight excluding hydrogens is 498 g/mol. The van der Waals surface area contributed by atoms with Crippen LogP contribution < -0.4 is 24.5 Å². The number of aromatic nitrogens is 3. The van der Waals surface area contributed by atoms with Gasteiger partial charge in [-0.1, -0.05) is 42.5 Å². The van der Waals surface area contributed by atoms with Gasteiger partial charge in [-0.2, -0.15) is 0 Å². The first-order valence-corrected chi connectivity index (χ1v) is 12.5. The van der Waals surface area contributed by atoms with Gasteiger partial charge in [0.1, 0.15) is 23.0 Å². The molecule has 5 aromatic rings. The van der Waals surface area contributed by atoms with Crippen LogP contribution in [0.5, 0.6) is 23.0 Å². The Hall–Kier alpha value is -4.76. The van der Waals surface area contributed by atoms with Gasteiger partial charge in [-0.25, -0.2) is 9.50 Å². The quantitative estimate of drug-likeness (QED) is 0.362. The van der Waals surface area contributed by atoms with Gasteiger partial charge < -0.3 is 24.1 Å². The summed E-state index contributed by atoms with van der Waals surface area (Å²) in [5.41, 5.74) is -0.994. The van der Waals surface area contributed by atoms with Crippen LogP contribution in [0, 0.1) is 0 Å². The van der Waals surface area contributed by atoms with Crippen molar-refractivity contribution in [2.24, 2.45) is 0 Å². The standard InChI is InChI=1S/C30H25N3O6/c1-36-19-11-9-18(10-12-19)30-25(17-7-5-4-6-8-17)24-27(32-23-13-14-31-33(23)28(24)34)29(30,35)26-21(38-3)15-20(37-2)16-22(26)39-30/h4-16,25,31,35H,1-3H3/t25-,29+,30+/m1/s1. The van der Waals surface area contributed by atoms with Gasteiger partial charge in [0.25, 0.3) is 5.56 Å². The van der Waals surface area contributed by atoms with Gasteiger partial charge in [-0.3, -0.25) is 9.89 Å². The summed E-state index contributed by atoms with van der Waals surface area (Å²) in [5.74, 6) is 1.15. The number of H-pyrrole nitrogens is 1. The lowest BCUT2D eigenvalue weighted by atomic mass is 9.70. The van der Waals surface area contributed by atoms with E-state index >= 15 is 0 Å². The van der Waals surface area contributed by atoms with Gasteiger partial charge in [0, 0.05) is 30.0 Å². The van der Waals surface area contributed by atoms with Crippen LogP contribution in [-0.2, 0) is 11.2 Å². The number of aliphatic hydroxyl groups is 1. The van der Waals surface area contributed by atoms with E-state index in [1.165, 1.54) is 11.6 Å². The Morgan fingerprint density at radius 3 is 2.38 bits per heavy atom. The van der Waals surface area contributed by atoms with E-state index in [9.17, 15) is 9.90 Å². The summed E-state index contributed by atoms with van der Waals surface area (Å²) < 4.78 is 25.0. The topological polar surface area (TPSA) is 107 Å². The van der Waals surface area contributed by atoms with Gasteiger partial charge in [-0.15, -0.1) is 0 Å². The molecule has 0 radical (unpaired) electrons. The molecule has 1 aliphatic heterocycles. The summed E-state index contributed by atoms with van der Waals surface area (Å²) in [6, 6.07) is 22.0. The van der Waals surface area contributed by atoms with E-state index in [-0.39, 0.29) is 11.3 Å². The van der Waals surface area contributed by atoms with Gasteiger partial charge in [0.05, 0.1) is 44.1 Å². The number of nitrogens with zero attached hydrogens (tertiary/aromatic N) is 2. The molecule has 0 saturated carbocycles. The number of nitrogens with one attached hydrogen (secondary N) is 1. The van der Waals surface area contributed by atoms with Gasteiger partial charge in [0.2, 0.25) is 0 Å². The number of methoxy groups -OCH3 is 3. The van der Waals surface area contributed by atoms with Crippen LogP contribution in [0.4, 0.5) is 0 Å². The Labute approximate surface area is 223 Å². The molecule has 2 aromatic heterocycles. The third-order valence-corrected chi connectivity index (χ3v) is 7.94. The maximum atomic E-state index is 14.1. The predicted molar refractivity (Wildman–Crippen MR) is 142 cm³/mol. The predicted octanol–water partition coefficient (Wildman–Crippen LogP) is 3.72. The molecule has 0 amide bonds. The van der Waals surface area contributed by atoms with Crippen molar-refractivity contribution in [1.29, 1.82) is 0 Å². The lowest BCUT2D eigenvalue weighted by Crippen LogP contribution is -2.49. The average Bonchev–Trinajstić information content (AvgIpc) is 3.62. The Bertz CT molecular complexity index is 1800. The molecule has 2 aliphatic rings. The number of hydrogen-bond donors (Lipinski definition) is 2. The maximum Gasteiger partial charge on any atom is 0.277 e. The third-order valence-electron chi connectivity index (χ3n) is 7.94. The summed E-state index contributed by atoms with van der Waals surface area (Å²) in [5, 5.41) is 16.1. The van der Waals surface area contributed by atoms with Crippen molar-refractivity contribution in [3.05, 3.63) is 117 Å². The van der Waals surface area contributed by atoms with Crippen molar-refractivity contribution in [2.75, 3.05) is 21.3 Å². The number of hydrogen-bond acceptors (Lipinski definition) is 7. The average molecular weight is 524 g/mol. The largest absolute Gasteiger partial charge is 0.497 e. The minimum Gasteiger partial charge on any atom is -0.497 e. The number of rotatable bonds is 5. The number of benzene rings is 3. The normalized spacial score (nSPS) is 22.6. The van der Waals surface area contributed by atoms with Gasteiger partial charge in [0.15, 0.2) is 16.8 Å². The molecule has 0 bridgehead atoms. The number of ether oxygens (including phenoxy) is 4. The van der Waals surface area contributed by atoms with E-state index in [1.54, 1.807) is 38.6 Å². The molecule has 7 rings (SSSR count). The van der Waals surface area contributed by atoms with Crippen molar-refractivity contribution in [1.82, 2.24) is 14.6 Å². The van der Waals surface area contributed by atoms with Crippen LogP contribution in [0.25, 0.3) is 5.65 Å². The molecule has 3 atom stereocenters. The molecule has 3 heterocycles. The molecule has 9 heteroatoms. The molecule has 196 valence electrons. The first-order chi connectivity index (χ1) is 19.0. The Balaban J connectivity index is 1.67. The molecule has 3 aromatic carbocycles. The van der Waals surface area contributed by atoms with Gasteiger partial charge >= 0.3 is 0 Å². The molecule has 0 spiro atoms. The minimum absolute atomic E-state index is 0.221. The molecule has 0 unspecified atom stereocenters. The van der Waals surface area contributed by atoms with Crippen LogP contribution in [0.3, 0.4) is 0 Å². The SMILES string of the molecule is COc1ccc([C@@]23Oc4cc(OC)cc(OC)c4[C@]2(O)c2nc4cc[nH]n4c(=O)c2[C@H]3c2ccccc2)cc1. The highest BCUT2D eigenvalue weighted by Gasteiger charge is 2.74. The van der Waals surface area contributed by atoms with Crippen molar-refractivity contribution in [3.8, 4) is 23.0 Å². The van der Waals surface area contributed by atoms with Crippen LogP contribution >= 0.6 is 0 Å². The molecule has 1 aliphatic carbocycles. The highest BCUT2D eigenvalue weighted by atomic mass is 16.5. The first kappa shape index (κ1) is 23.4. The van der Waals surface area contributed by atoms with E-state index in [2.05, 4.69) is 5.10 Å². The zero-order valence-corrected chi connectivity index (χ0v) is 21.5. The summed E-state index contributed by atoms with van der Waals surface area (Å²) in [6.07, 6.45) is 1.64. The minimum atomic E-state index is -1.91. The van der Waals surface area contributed by atoms with Crippen molar-refractivity contribution in [3.63, 3.8) is 0 Å². The fraction of sp³-hybridized carbons (Fsp3) is 0.200. The highest BCUT2D eigenvalue weighted by Crippen LogP contribution is 2.69. The lowest BCUT2D eigenvalue weighted by Gasteiger charge is -2.40. The summed E-state index contributed by atoms with van der Waals surface area (Å²) in [6.45, 7) is 0. The first-order valence-electron chi connectivity index (χ1n) is 12.5. The fourth-order valence-corrected chi connectivity index (χ4v) is 6.31. The highest BCUT2D eigenvalue weighted by molar-refractivity contribution is 5.69.